The standard InChI is InChI=1S/C16H21N3O4S2/c1-11-14(12(2)23-17-11)10-15(20)19-7-5-13(6-8-19)18-25(21,22)16-4-3-9-24-16/h3-4,9,13,18H,5-8,10H2,1-2H3. The second-order valence-corrected chi connectivity index (χ2v) is 9.08. The van der Waals surface area contributed by atoms with Crippen LogP contribution >= 0.6 is 11.3 Å². The second-order valence-electron chi connectivity index (χ2n) is 6.19. The molecule has 1 aliphatic rings. The van der Waals surface area contributed by atoms with Crippen molar-refractivity contribution in [1.29, 1.82) is 0 Å². The highest BCUT2D eigenvalue weighted by Gasteiger charge is 2.27. The number of aromatic nitrogens is 1. The maximum Gasteiger partial charge on any atom is 0.250 e. The predicted octanol–water partition coefficient (Wildman–Crippen LogP) is 1.86. The van der Waals surface area contributed by atoms with E-state index < -0.39 is 10.0 Å². The van der Waals surface area contributed by atoms with Crippen LogP contribution in [0.2, 0.25) is 0 Å². The molecule has 1 amide bonds. The van der Waals surface area contributed by atoms with Crippen molar-refractivity contribution in [3.8, 4) is 0 Å². The third-order valence-electron chi connectivity index (χ3n) is 4.44. The zero-order chi connectivity index (χ0) is 18.0. The van der Waals surface area contributed by atoms with Crippen LogP contribution in [0.4, 0.5) is 0 Å². The van der Waals surface area contributed by atoms with Crippen molar-refractivity contribution in [3.63, 3.8) is 0 Å². The summed E-state index contributed by atoms with van der Waals surface area (Å²) in [5, 5.41) is 5.61. The number of nitrogens with one attached hydrogen (secondary N) is 1. The quantitative estimate of drug-likeness (QED) is 0.851. The van der Waals surface area contributed by atoms with Crippen LogP contribution in [0.25, 0.3) is 0 Å². The maximum atomic E-state index is 12.5. The number of sulfonamides is 1. The monoisotopic (exact) mass is 383 g/mol. The van der Waals surface area contributed by atoms with Crippen molar-refractivity contribution < 1.29 is 17.7 Å². The van der Waals surface area contributed by atoms with Gasteiger partial charge in [-0.2, -0.15) is 0 Å². The normalized spacial score (nSPS) is 16.3. The zero-order valence-electron chi connectivity index (χ0n) is 14.2. The van der Waals surface area contributed by atoms with Crippen LogP contribution in [-0.4, -0.2) is 43.5 Å². The number of nitrogens with zero attached hydrogens (tertiary/aromatic N) is 2. The van der Waals surface area contributed by atoms with Gasteiger partial charge in [0, 0.05) is 24.7 Å². The fourth-order valence-electron chi connectivity index (χ4n) is 2.96. The third-order valence-corrected chi connectivity index (χ3v) is 7.36. The highest BCUT2D eigenvalue weighted by molar-refractivity contribution is 7.91. The van der Waals surface area contributed by atoms with E-state index in [1.165, 1.54) is 11.3 Å². The Morgan fingerprint density at radius 1 is 1.40 bits per heavy atom. The average molecular weight is 383 g/mol. The number of aryl methyl sites for hydroxylation is 2. The van der Waals surface area contributed by atoms with Crippen molar-refractivity contribution in [2.24, 2.45) is 0 Å². The molecule has 25 heavy (non-hydrogen) atoms. The fourth-order valence-corrected chi connectivity index (χ4v) is 5.27. The molecule has 0 bridgehead atoms. The molecule has 1 fully saturated rings. The van der Waals surface area contributed by atoms with Crippen LogP contribution < -0.4 is 4.72 Å². The van der Waals surface area contributed by atoms with E-state index in [4.69, 9.17) is 4.52 Å². The molecule has 2 aromatic rings. The smallest absolute Gasteiger partial charge is 0.250 e. The Hall–Kier alpha value is -1.71. The van der Waals surface area contributed by atoms with E-state index in [0.717, 1.165) is 11.3 Å². The molecule has 2 aromatic heterocycles. The molecule has 1 aliphatic heterocycles. The van der Waals surface area contributed by atoms with Crippen molar-refractivity contribution >= 4 is 27.3 Å². The minimum Gasteiger partial charge on any atom is -0.361 e. The number of piperidine rings is 1. The Labute approximate surface area is 151 Å². The van der Waals surface area contributed by atoms with Gasteiger partial charge in [-0.25, -0.2) is 13.1 Å². The van der Waals surface area contributed by atoms with Crippen LogP contribution in [0.3, 0.4) is 0 Å². The molecule has 0 spiro atoms. The SMILES string of the molecule is Cc1noc(C)c1CC(=O)N1CCC(NS(=O)(=O)c2cccs2)CC1. The number of carbonyl (C=O) groups excluding carboxylic acids is 1. The first-order valence-electron chi connectivity index (χ1n) is 8.12. The van der Waals surface area contributed by atoms with E-state index in [9.17, 15) is 13.2 Å². The van der Waals surface area contributed by atoms with E-state index in [0.29, 0.717) is 35.9 Å². The van der Waals surface area contributed by atoms with Crippen LogP contribution in [0.15, 0.2) is 26.2 Å². The molecule has 3 rings (SSSR count). The van der Waals surface area contributed by atoms with Crippen LogP contribution in [-0.2, 0) is 21.2 Å². The highest BCUT2D eigenvalue weighted by atomic mass is 32.2. The van der Waals surface area contributed by atoms with Gasteiger partial charge in [-0.3, -0.25) is 4.79 Å². The molecule has 3 heterocycles. The number of thiophene rings is 1. The second kappa shape index (κ2) is 7.27. The molecule has 0 saturated carbocycles. The van der Waals surface area contributed by atoms with Gasteiger partial charge in [0.1, 0.15) is 9.97 Å². The lowest BCUT2D eigenvalue weighted by Crippen LogP contribution is -2.46. The summed E-state index contributed by atoms with van der Waals surface area (Å²) in [6.45, 7) is 4.71. The summed E-state index contributed by atoms with van der Waals surface area (Å²) in [6.07, 6.45) is 1.49. The fraction of sp³-hybridized carbons (Fsp3) is 0.500. The molecule has 136 valence electrons. The van der Waals surface area contributed by atoms with Crippen molar-refractivity contribution in [3.05, 3.63) is 34.5 Å². The first kappa shape index (κ1) is 18.1. The van der Waals surface area contributed by atoms with Crippen molar-refractivity contribution in [1.82, 2.24) is 14.8 Å². The molecule has 0 atom stereocenters. The van der Waals surface area contributed by atoms with Gasteiger partial charge in [-0.1, -0.05) is 11.2 Å². The lowest BCUT2D eigenvalue weighted by atomic mass is 10.0. The summed E-state index contributed by atoms with van der Waals surface area (Å²) in [6, 6.07) is 3.17. The summed E-state index contributed by atoms with van der Waals surface area (Å²) < 4.78 is 32.7. The number of carbonyl (C=O) groups is 1. The minimum absolute atomic E-state index is 0.0222. The van der Waals surface area contributed by atoms with E-state index in [-0.39, 0.29) is 18.4 Å². The van der Waals surface area contributed by atoms with Crippen LogP contribution in [0.5, 0.6) is 0 Å². The Bertz CT molecular complexity index is 815. The van der Waals surface area contributed by atoms with Gasteiger partial charge in [-0.05, 0) is 38.1 Å². The first-order chi connectivity index (χ1) is 11.9. The summed E-state index contributed by atoms with van der Waals surface area (Å²) in [5.41, 5.74) is 1.58. The molecule has 0 unspecified atom stereocenters. The Morgan fingerprint density at radius 2 is 2.12 bits per heavy atom. The summed E-state index contributed by atoms with van der Waals surface area (Å²) >= 11 is 1.20. The van der Waals surface area contributed by atoms with Crippen LogP contribution in [0, 0.1) is 13.8 Å². The molecule has 0 aromatic carbocycles. The van der Waals surface area contributed by atoms with E-state index in [1.807, 2.05) is 6.92 Å². The van der Waals surface area contributed by atoms with Crippen molar-refractivity contribution in [2.45, 2.75) is 43.4 Å². The van der Waals surface area contributed by atoms with Gasteiger partial charge in [-0.15, -0.1) is 11.3 Å². The van der Waals surface area contributed by atoms with Gasteiger partial charge < -0.3 is 9.42 Å². The molecule has 7 nitrogen and oxygen atoms in total. The number of rotatable bonds is 5. The van der Waals surface area contributed by atoms with E-state index in [1.54, 1.807) is 29.3 Å². The molecular formula is C16H21N3O4S2. The Balaban J connectivity index is 1.54. The van der Waals surface area contributed by atoms with Gasteiger partial charge in [0.25, 0.3) is 0 Å². The largest absolute Gasteiger partial charge is 0.361 e. The maximum absolute atomic E-state index is 12.5. The zero-order valence-corrected chi connectivity index (χ0v) is 15.8. The molecule has 0 radical (unpaired) electrons. The molecule has 9 heteroatoms. The van der Waals surface area contributed by atoms with E-state index >= 15 is 0 Å². The topological polar surface area (TPSA) is 92.5 Å². The van der Waals surface area contributed by atoms with Crippen LogP contribution in [0.1, 0.15) is 29.9 Å². The Kier molecular flexibility index (Phi) is 5.26. The van der Waals surface area contributed by atoms with Crippen molar-refractivity contribution in [2.75, 3.05) is 13.1 Å². The predicted molar refractivity (Wildman–Crippen MR) is 93.9 cm³/mol. The lowest BCUT2D eigenvalue weighted by molar-refractivity contribution is -0.131. The number of hydrogen-bond donors (Lipinski definition) is 1. The number of likely N-dealkylation sites (tertiary alicyclic amines) is 1. The lowest BCUT2D eigenvalue weighted by Gasteiger charge is -2.32. The summed E-state index contributed by atoms with van der Waals surface area (Å²) in [7, 11) is -3.46. The van der Waals surface area contributed by atoms with E-state index in [2.05, 4.69) is 9.88 Å². The highest BCUT2D eigenvalue weighted by Crippen LogP contribution is 2.20. The molecular weight excluding hydrogens is 362 g/mol. The summed E-state index contributed by atoms with van der Waals surface area (Å²) in [4.78, 5) is 14.2. The average Bonchev–Trinajstić information content (AvgIpc) is 3.21. The van der Waals surface area contributed by atoms with Gasteiger partial charge in [0.15, 0.2) is 0 Å². The molecule has 1 N–H and O–H groups in total. The molecule has 1 saturated heterocycles. The Morgan fingerprint density at radius 3 is 2.68 bits per heavy atom. The van der Waals surface area contributed by atoms with Gasteiger partial charge in [0.2, 0.25) is 15.9 Å². The minimum atomic E-state index is -3.46. The number of hydrogen-bond acceptors (Lipinski definition) is 6. The van der Waals surface area contributed by atoms with Gasteiger partial charge in [0.05, 0.1) is 12.1 Å². The first-order valence-corrected chi connectivity index (χ1v) is 10.5. The number of amides is 1. The third kappa shape index (κ3) is 4.10. The summed E-state index contributed by atoms with van der Waals surface area (Å²) in [5.74, 6) is 0.693. The molecule has 0 aliphatic carbocycles. The van der Waals surface area contributed by atoms with Gasteiger partial charge >= 0.3 is 0 Å².